The molecular weight excluding hydrogens is 288 g/mol. The number of nitrogens with one attached hydrogen (secondary N) is 1. The van der Waals surface area contributed by atoms with Crippen molar-refractivity contribution >= 4 is 11.7 Å². The quantitative estimate of drug-likeness (QED) is 0.944. The number of rotatable bonds is 4. The largest absolute Gasteiger partial charge is 0.310 e. The number of aromatic nitrogens is 2. The lowest BCUT2D eigenvalue weighted by molar-refractivity contribution is -0.117. The molecule has 122 valence electrons. The van der Waals surface area contributed by atoms with Crippen molar-refractivity contribution in [3.63, 3.8) is 0 Å². The highest BCUT2D eigenvalue weighted by Gasteiger charge is 2.27. The molecule has 1 aromatic carbocycles. The lowest BCUT2D eigenvalue weighted by Gasteiger charge is -2.24. The number of carbonyl (C=O) groups excluding carboxylic acids is 1. The van der Waals surface area contributed by atoms with Gasteiger partial charge in [-0.25, -0.2) is 0 Å². The number of anilines is 1. The van der Waals surface area contributed by atoms with Gasteiger partial charge in [0.05, 0.1) is 12.2 Å². The van der Waals surface area contributed by atoms with Crippen molar-refractivity contribution in [2.75, 3.05) is 18.4 Å². The number of amides is 1. The summed E-state index contributed by atoms with van der Waals surface area (Å²) >= 11 is 0. The first-order valence-corrected chi connectivity index (χ1v) is 8.14. The number of carbonyl (C=O) groups is 1. The Morgan fingerprint density at radius 2 is 2.04 bits per heavy atom. The zero-order valence-electron chi connectivity index (χ0n) is 14.0. The summed E-state index contributed by atoms with van der Waals surface area (Å²) in [6.07, 6.45) is 2.25. The van der Waals surface area contributed by atoms with Crippen LogP contribution in [-0.4, -0.2) is 33.7 Å². The van der Waals surface area contributed by atoms with Gasteiger partial charge in [-0.05, 0) is 38.8 Å². The fraction of sp³-hybridized carbons (Fsp3) is 0.444. The van der Waals surface area contributed by atoms with E-state index in [0.29, 0.717) is 12.6 Å². The first-order valence-electron chi connectivity index (χ1n) is 8.14. The molecule has 1 saturated heterocycles. The highest BCUT2D eigenvalue weighted by molar-refractivity contribution is 5.91. The second-order valence-corrected chi connectivity index (χ2v) is 6.38. The van der Waals surface area contributed by atoms with Gasteiger partial charge in [0, 0.05) is 19.2 Å². The van der Waals surface area contributed by atoms with E-state index in [-0.39, 0.29) is 5.91 Å². The molecule has 1 atom stereocenters. The number of likely N-dealkylation sites (tertiary alicyclic amines) is 1. The van der Waals surface area contributed by atoms with E-state index >= 15 is 0 Å². The molecule has 1 aliphatic heterocycles. The number of aryl methyl sites for hydroxylation is 3. The van der Waals surface area contributed by atoms with E-state index in [1.165, 1.54) is 11.1 Å². The van der Waals surface area contributed by atoms with Gasteiger partial charge in [0.1, 0.15) is 5.82 Å². The molecule has 5 heteroatoms. The molecule has 2 heterocycles. The van der Waals surface area contributed by atoms with Gasteiger partial charge in [0.25, 0.3) is 0 Å². The second kappa shape index (κ2) is 6.54. The van der Waals surface area contributed by atoms with Gasteiger partial charge in [-0.3, -0.25) is 14.4 Å². The van der Waals surface area contributed by atoms with Gasteiger partial charge in [0.2, 0.25) is 5.91 Å². The normalized spacial score (nSPS) is 18.3. The maximum absolute atomic E-state index is 12.4. The van der Waals surface area contributed by atoms with Gasteiger partial charge >= 0.3 is 0 Å². The van der Waals surface area contributed by atoms with Crippen LogP contribution >= 0.6 is 0 Å². The third-order valence-corrected chi connectivity index (χ3v) is 4.44. The molecule has 1 fully saturated rings. The molecule has 0 saturated carbocycles. The summed E-state index contributed by atoms with van der Waals surface area (Å²) < 4.78 is 1.70. The lowest BCUT2D eigenvalue weighted by atomic mass is 10.0. The van der Waals surface area contributed by atoms with E-state index in [9.17, 15) is 4.79 Å². The van der Waals surface area contributed by atoms with Crippen molar-refractivity contribution < 1.29 is 4.79 Å². The molecule has 0 aliphatic carbocycles. The number of hydrogen-bond donors (Lipinski definition) is 1. The maximum atomic E-state index is 12.4. The Hall–Kier alpha value is -2.14. The third-order valence-electron chi connectivity index (χ3n) is 4.44. The van der Waals surface area contributed by atoms with Gasteiger partial charge in [0.15, 0.2) is 0 Å². The standard InChI is InChI=1S/C18H24N4O/c1-13-6-8-15(9-7-13)16-5-4-10-22(16)12-18(23)19-17-11-14(2)20-21(17)3/h6-9,11,16H,4-5,10,12H2,1-3H3,(H,19,23)/t16-/m0/s1. The average Bonchev–Trinajstić information content (AvgIpc) is 3.07. The molecule has 0 bridgehead atoms. The summed E-state index contributed by atoms with van der Waals surface area (Å²) in [5, 5.41) is 7.21. The van der Waals surface area contributed by atoms with Crippen LogP contribution in [0, 0.1) is 13.8 Å². The van der Waals surface area contributed by atoms with Crippen molar-refractivity contribution in [2.45, 2.75) is 32.7 Å². The fourth-order valence-electron chi connectivity index (χ4n) is 3.28. The Bertz CT molecular complexity index is 690. The summed E-state index contributed by atoms with van der Waals surface area (Å²) in [4.78, 5) is 14.6. The summed E-state index contributed by atoms with van der Waals surface area (Å²) in [5.41, 5.74) is 3.47. The first kappa shape index (κ1) is 15.7. The van der Waals surface area contributed by atoms with Crippen molar-refractivity contribution in [1.82, 2.24) is 14.7 Å². The number of nitrogens with zero attached hydrogens (tertiary/aromatic N) is 3. The van der Waals surface area contributed by atoms with Crippen LogP contribution in [0.5, 0.6) is 0 Å². The van der Waals surface area contributed by atoms with E-state index in [1.807, 2.05) is 20.0 Å². The van der Waals surface area contributed by atoms with Gasteiger partial charge in [-0.2, -0.15) is 5.10 Å². The van der Waals surface area contributed by atoms with Gasteiger partial charge in [-0.1, -0.05) is 29.8 Å². The first-order chi connectivity index (χ1) is 11.0. The van der Waals surface area contributed by atoms with E-state index < -0.39 is 0 Å². The van der Waals surface area contributed by atoms with E-state index in [1.54, 1.807) is 4.68 Å². The number of benzene rings is 1. The highest BCUT2D eigenvalue weighted by atomic mass is 16.2. The van der Waals surface area contributed by atoms with Gasteiger partial charge < -0.3 is 5.32 Å². The zero-order valence-corrected chi connectivity index (χ0v) is 14.0. The van der Waals surface area contributed by atoms with Crippen molar-refractivity contribution in [3.8, 4) is 0 Å². The van der Waals surface area contributed by atoms with E-state index in [2.05, 4.69) is 46.5 Å². The highest BCUT2D eigenvalue weighted by Crippen LogP contribution is 2.31. The van der Waals surface area contributed by atoms with Crippen LogP contribution in [0.2, 0.25) is 0 Å². The Morgan fingerprint density at radius 1 is 1.30 bits per heavy atom. The van der Waals surface area contributed by atoms with Crippen LogP contribution in [0.1, 0.15) is 35.7 Å². The molecule has 0 unspecified atom stereocenters. The van der Waals surface area contributed by atoms with Gasteiger partial charge in [-0.15, -0.1) is 0 Å². The lowest BCUT2D eigenvalue weighted by Crippen LogP contribution is -2.33. The second-order valence-electron chi connectivity index (χ2n) is 6.38. The summed E-state index contributed by atoms with van der Waals surface area (Å²) in [7, 11) is 1.84. The fourth-order valence-corrected chi connectivity index (χ4v) is 3.28. The molecule has 1 aromatic heterocycles. The van der Waals surface area contributed by atoms with Crippen LogP contribution in [0.4, 0.5) is 5.82 Å². The smallest absolute Gasteiger partial charge is 0.239 e. The van der Waals surface area contributed by atoms with E-state index in [4.69, 9.17) is 0 Å². The van der Waals surface area contributed by atoms with Crippen molar-refractivity contribution in [3.05, 3.63) is 47.2 Å². The zero-order chi connectivity index (χ0) is 16.4. The average molecular weight is 312 g/mol. The minimum atomic E-state index is 0.0204. The minimum Gasteiger partial charge on any atom is -0.310 e. The molecule has 0 radical (unpaired) electrons. The summed E-state index contributed by atoms with van der Waals surface area (Å²) in [5.74, 6) is 0.769. The SMILES string of the molecule is Cc1ccc([C@@H]2CCCN2CC(=O)Nc2cc(C)nn2C)cc1. The third kappa shape index (κ3) is 3.62. The predicted octanol–water partition coefficient (Wildman–Crippen LogP) is 2.81. The maximum Gasteiger partial charge on any atom is 0.239 e. The van der Waals surface area contributed by atoms with E-state index in [0.717, 1.165) is 30.9 Å². The predicted molar refractivity (Wildman–Crippen MR) is 91.3 cm³/mol. The molecule has 0 spiro atoms. The Labute approximate surface area is 137 Å². The molecule has 1 N–H and O–H groups in total. The molecule has 3 rings (SSSR count). The van der Waals surface area contributed by atoms with Crippen LogP contribution in [-0.2, 0) is 11.8 Å². The topological polar surface area (TPSA) is 50.2 Å². The molecular formula is C18H24N4O. The van der Waals surface area contributed by atoms with Crippen molar-refractivity contribution in [2.24, 2.45) is 7.05 Å². The molecule has 1 aliphatic rings. The molecule has 1 amide bonds. The monoisotopic (exact) mass is 312 g/mol. The molecule has 23 heavy (non-hydrogen) atoms. The Morgan fingerprint density at radius 3 is 2.70 bits per heavy atom. The minimum absolute atomic E-state index is 0.0204. The molecule has 2 aromatic rings. The van der Waals surface area contributed by atoms with Crippen LogP contribution in [0.25, 0.3) is 0 Å². The Balaban J connectivity index is 1.65. The van der Waals surface area contributed by atoms with Crippen LogP contribution < -0.4 is 5.32 Å². The summed E-state index contributed by atoms with van der Waals surface area (Å²) in [6, 6.07) is 10.9. The molecule has 5 nitrogen and oxygen atoms in total. The van der Waals surface area contributed by atoms with Crippen LogP contribution in [0.15, 0.2) is 30.3 Å². The number of hydrogen-bond acceptors (Lipinski definition) is 3. The van der Waals surface area contributed by atoms with Crippen LogP contribution in [0.3, 0.4) is 0 Å². The Kier molecular flexibility index (Phi) is 4.48. The van der Waals surface area contributed by atoms with Crippen molar-refractivity contribution in [1.29, 1.82) is 0 Å². The summed E-state index contributed by atoms with van der Waals surface area (Å²) in [6.45, 7) is 5.40.